The molecule has 1 nitrogen and oxygen atoms in total. The summed E-state index contributed by atoms with van der Waals surface area (Å²) >= 11 is 0. The standard InChI is InChI=1S/C15H15FO/c1-11(2)17-13-9-7-12(8-10-13)14-5-3-4-6-15(14)16/h3-11H,1-2H3. The van der Waals surface area contributed by atoms with Crippen LogP contribution >= 0.6 is 0 Å². The maximum atomic E-state index is 13.6. The highest BCUT2D eigenvalue weighted by Gasteiger charge is 2.04. The van der Waals surface area contributed by atoms with E-state index in [0.29, 0.717) is 5.56 Å². The van der Waals surface area contributed by atoms with E-state index in [9.17, 15) is 4.39 Å². The fourth-order valence-corrected chi connectivity index (χ4v) is 1.68. The van der Waals surface area contributed by atoms with Crippen LogP contribution in [0.5, 0.6) is 5.75 Å². The Bertz CT molecular complexity index is 489. The van der Waals surface area contributed by atoms with E-state index in [1.54, 1.807) is 12.1 Å². The summed E-state index contributed by atoms with van der Waals surface area (Å²) in [6.45, 7) is 3.95. The zero-order chi connectivity index (χ0) is 12.3. The van der Waals surface area contributed by atoms with Crippen LogP contribution in [0.2, 0.25) is 0 Å². The van der Waals surface area contributed by atoms with Gasteiger partial charge in [-0.25, -0.2) is 4.39 Å². The van der Waals surface area contributed by atoms with Gasteiger partial charge in [-0.05, 0) is 37.6 Å². The van der Waals surface area contributed by atoms with Crippen molar-refractivity contribution in [1.29, 1.82) is 0 Å². The highest BCUT2D eigenvalue weighted by atomic mass is 19.1. The van der Waals surface area contributed by atoms with Crippen LogP contribution in [-0.4, -0.2) is 6.10 Å². The molecular weight excluding hydrogens is 215 g/mol. The van der Waals surface area contributed by atoms with E-state index in [1.807, 2.05) is 44.2 Å². The Balaban J connectivity index is 2.27. The Kier molecular flexibility index (Phi) is 3.43. The Morgan fingerprint density at radius 1 is 0.941 bits per heavy atom. The summed E-state index contributed by atoms with van der Waals surface area (Å²) < 4.78 is 19.1. The van der Waals surface area contributed by atoms with Gasteiger partial charge in [-0.1, -0.05) is 30.3 Å². The lowest BCUT2D eigenvalue weighted by atomic mass is 10.1. The Labute approximate surface area is 101 Å². The van der Waals surface area contributed by atoms with E-state index in [4.69, 9.17) is 4.74 Å². The average Bonchev–Trinajstić information content (AvgIpc) is 2.30. The molecule has 0 fully saturated rings. The van der Waals surface area contributed by atoms with Crippen molar-refractivity contribution in [1.82, 2.24) is 0 Å². The first-order valence-corrected chi connectivity index (χ1v) is 5.68. The van der Waals surface area contributed by atoms with Gasteiger partial charge < -0.3 is 4.74 Å². The molecule has 0 N–H and O–H groups in total. The van der Waals surface area contributed by atoms with Gasteiger partial charge in [-0.3, -0.25) is 0 Å². The second-order valence-electron chi connectivity index (χ2n) is 4.17. The minimum absolute atomic E-state index is 0.148. The van der Waals surface area contributed by atoms with Gasteiger partial charge in [0.05, 0.1) is 6.10 Å². The minimum Gasteiger partial charge on any atom is -0.491 e. The summed E-state index contributed by atoms with van der Waals surface area (Å²) in [4.78, 5) is 0. The van der Waals surface area contributed by atoms with Crippen LogP contribution in [0, 0.1) is 5.82 Å². The summed E-state index contributed by atoms with van der Waals surface area (Å²) in [5, 5.41) is 0. The van der Waals surface area contributed by atoms with Crippen LogP contribution in [0.25, 0.3) is 11.1 Å². The smallest absolute Gasteiger partial charge is 0.131 e. The summed E-state index contributed by atoms with van der Waals surface area (Å²) in [7, 11) is 0. The molecule has 0 aliphatic rings. The molecule has 0 atom stereocenters. The zero-order valence-electron chi connectivity index (χ0n) is 9.98. The van der Waals surface area contributed by atoms with E-state index >= 15 is 0 Å². The van der Waals surface area contributed by atoms with E-state index in [-0.39, 0.29) is 11.9 Å². The van der Waals surface area contributed by atoms with Crippen molar-refractivity contribution in [3.05, 3.63) is 54.3 Å². The number of rotatable bonds is 3. The molecule has 2 aromatic carbocycles. The van der Waals surface area contributed by atoms with Crippen LogP contribution in [0.1, 0.15) is 13.8 Å². The normalized spacial score (nSPS) is 10.6. The maximum absolute atomic E-state index is 13.6. The number of benzene rings is 2. The second kappa shape index (κ2) is 5.00. The highest BCUT2D eigenvalue weighted by Crippen LogP contribution is 2.24. The lowest BCUT2D eigenvalue weighted by Gasteiger charge is -2.10. The van der Waals surface area contributed by atoms with Gasteiger partial charge >= 0.3 is 0 Å². The van der Waals surface area contributed by atoms with Crippen LogP contribution < -0.4 is 4.74 Å². The van der Waals surface area contributed by atoms with Gasteiger partial charge in [0, 0.05) is 5.56 Å². The molecule has 17 heavy (non-hydrogen) atoms. The molecule has 0 bridgehead atoms. The fourth-order valence-electron chi connectivity index (χ4n) is 1.68. The van der Waals surface area contributed by atoms with Crippen molar-refractivity contribution in [3.63, 3.8) is 0 Å². The van der Waals surface area contributed by atoms with E-state index < -0.39 is 0 Å². The Morgan fingerprint density at radius 3 is 2.18 bits per heavy atom. The van der Waals surface area contributed by atoms with Gasteiger partial charge in [0.15, 0.2) is 0 Å². The first kappa shape index (κ1) is 11.6. The Morgan fingerprint density at radius 2 is 1.59 bits per heavy atom. The van der Waals surface area contributed by atoms with Gasteiger partial charge in [0.25, 0.3) is 0 Å². The monoisotopic (exact) mass is 230 g/mol. The van der Waals surface area contributed by atoms with Crippen LogP contribution in [0.3, 0.4) is 0 Å². The van der Waals surface area contributed by atoms with Gasteiger partial charge in [0.2, 0.25) is 0 Å². The third-order valence-electron chi connectivity index (χ3n) is 2.41. The minimum atomic E-state index is -0.204. The van der Waals surface area contributed by atoms with Gasteiger partial charge in [-0.2, -0.15) is 0 Å². The molecule has 0 amide bonds. The lowest BCUT2D eigenvalue weighted by molar-refractivity contribution is 0.242. The summed E-state index contributed by atoms with van der Waals surface area (Å²) in [5.74, 6) is 0.602. The summed E-state index contributed by atoms with van der Waals surface area (Å²) in [5.41, 5.74) is 1.47. The topological polar surface area (TPSA) is 9.23 Å². The molecule has 0 radical (unpaired) electrons. The maximum Gasteiger partial charge on any atom is 0.131 e. The predicted molar refractivity (Wildman–Crippen MR) is 67.6 cm³/mol. The zero-order valence-corrected chi connectivity index (χ0v) is 9.98. The molecule has 0 spiro atoms. The first-order valence-electron chi connectivity index (χ1n) is 5.68. The van der Waals surface area contributed by atoms with Gasteiger partial charge in [0.1, 0.15) is 11.6 Å². The largest absolute Gasteiger partial charge is 0.491 e. The first-order chi connectivity index (χ1) is 8.16. The summed E-state index contributed by atoms with van der Waals surface area (Å²) in [6.07, 6.45) is 0.148. The van der Waals surface area contributed by atoms with Crippen LogP contribution in [0.4, 0.5) is 4.39 Å². The van der Waals surface area contributed by atoms with E-state index in [2.05, 4.69) is 0 Å². The van der Waals surface area contributed by atoms with Crippen LogP contribution in [-0.2, 0) is 0 Å². The quantitative estimate of drug-likeness (QED) is 0.764. The average molecular weight is 230 g/mol. The molecule has 0 saturated heterocycles. The molecule has 0 aromatic heterocycles. The molecule has 0 unspecified atom stereocenters. The van der Waals surface area contributed by atoms with Crippen molar-refractivity contribution >= 4 is 0 Å². The third-order valence-corrected chi connectivity index (χ3v) is 2.41. The highest BCUT2D eigenvalue weighted by molar-refractivity contribution is 5.64. The van der Waals surface area contributed by atoms with E-state index in [0.717, 1.165) is 11.3 Å². The summed E-state index contributed by atoms with van der Waals surface area (Å²) in [6, 6.07) is 14.2. The lowest BCUT2D eigenvalue weighted by Crippen LogP contribution is -2.05. The number of halogens is 1. The van der Waals surface area contributed by atoms with Crippen LogP contribution in [0.15, 0.2) is 48.5 Å². The second-order valence-corrected chi connectivity index (χ2v) is 4.17. The fraction of sp³-hybridized carbons (Fsp3) is 0.200. The van der Waals surface area contributed by atoms with Gasteiger partial charge in [-0.15, -0.1) is 0 Å². The molecule has 2 aromatic rings. The molecule has 2 heteroatoms. The predicted octanol–water partition coefficient (Wildman–Crippen LogP) is 4.28. The van der Waals surface area contributed by atoms with Crippen molar-refractivity contribution < 1.29 is 9.13 Å². The molecule has 0 heterocycles. The Hall–Kier alpha value is -1.83. The van der Waals surface area contributed by atoms with E-state index in [1.165, 1.54) is 6.07 Å². The SMILES string of the molecule is CC(C)Oc1ccc(-c2ccccc2F)cc1. The molecule has 0 saturated carbocycles. The number of hydrogen-bond donors (Lipinski definition) is 0. The molecular formula is C15H15FO. The van der Waals surface area contributed by atoms with Crippen molar-refractivity contribution in [2.45, 2.75) is 20.0 Å². The van der Waals surface area contributed by atoms with Crippen molar-refractivity contribution in [2.75, 3.05) is 0 Å². The van der Waals surface area contributed by atoms with Crippen molar-refractivity contribution in [3.8, 4) is 16.9 Å². The molecule has 88 valence electrons. The van der Waals surface area contributed by atoms with Crippen molar-refractivity contribution in [2.24, 2.45) is 0 Å². The molecule has 0 aliphatic carbocycles. The molecule has 2 rings (SSSR count). The number of hydrogen-bond acceptors (Lipinski definition) is 1. The molecule has 0 aliphatic heterocycles. The number of ether oxygens (including phenoxy) is 1. The third kappa shape index (κ3) is 2.84.